The highest BCUT2D eigenvalue weighted by molar-refractivity contribution is 9.11. The Kier molecular flexibility index (Phi) is 5.82. The molecule has 0 spiro atoms. The molecule has 0 radical (unpaired) electrons. The Balaban J connectivity index is 2.81. The third-order valence-electron chi connectivity index (χ3n) is 2.25. The molecule has 1 aromatic carbocycles. The molecule has 1 rings (SSSR count). The number of hydrogen-bond donors (Lipinski definition) is 2. The van der Waals surface area contributed by atoms with Crippen LogP contribution in [-0.4, -0.2) is 25.2 Å². The summed E-state index contributed by atoms with van der Waals surface area (Å²) in [7, 11) is -3.56. The van der Waals surface area contributed by atoms with Gasteiger partial charge in [-0.2, -0.15) is 0 Å². The fourth-order valence-electron chi connectivity index (χ4n) is 1.42. The minimum absolute atomic E-state index is 0.0752. The molecular formula is C11H13Br2NO4S. The van der Waals surface area contributed by atoms with Gasteiger partial charge in [-0.3, -0.25) is 9.52 Å². The Bertz CT molecular complexity index is 563. The summed E-state index contributed by atoms with van der Waals surface area (Å²) < 4.78 is 27.3. The third kappa shape index (κ3) is 5.50. The van der Waals surface area contributed by atoms with Crippen LogP contribution >= 0.6 is 31.9 Å². The largest absolute Gasteiger partial charge is 0.481 e. The highest BCUT2D eigenvalue weighted by Crippen LogP contribution is 2.33. The van der Waals surface area contributed by atoms with Gasteiger partial charge in [-0.15, -0.1) is 0 Å². The van der Waals surface area contributed by atoms with Crippen LogP contribution in [0.3, 0.4) is 0 Å². The van der Waals surface area contributed by atoms with Gasteiger partial charge in [-0.1, -0.05) is 0 Å². The molecule has 0 unspecified atom stereocenters. The lowest BCUT2D eigenvalue weighted by Crippen LogP contribution is -2.18. The highest BCUT2D eigenvalue weighted by atomic mass is 79.9. The van der Waals surface area contributed by atoms with E-state index in [1.54, 1.807) is 12.1 Å². The number of anilines is 1. The van der Waals surface area contributed by atoms with Crippen molar-refractivity contribution in [1.29, 1.82) is 0 Å². The number of carboxylic acids is 1. The number of carboxylic acid groups (broad SMARTS) is 1. The van der Waals surface area contributed by atoms with Crippen molar-refractivity contribution >= 4 is 53.5 Å². The van der Waals surface area contributed by atoms with E-state index in [4.69, 9.17) is 5.11 Å². The van der Waals surface area contributed by atoms with Crippen molar-refractivity contribution in [2.45, 2.75) is 19.8 Å². The minimum atomic E-state index is -3.56. The number of sulfonamides is 1. The van der Waals surface area contributed by atoms with Crippen LogP contribution in [0.15, 0.2) is 21.1 Å². The predicted octanol–water partition coefficient (Wildman–Crippen LogP) is 3.13. The van der Waals surface area contributed by atoms with Crippen molar-refractivity contribution in [3.05, 3.63) is 26.6 Å². The number of hydrogen-bond acceptors (Lipinski definition) is 3. The molecule has 0 saturated heterocycles. The molecule has 1 aromatic rings. The van der Waals surface area contributed by atoms with E-state index in [1.807, 2.05) is 6.92 Å². The lowest BCUT2D eigenvalue weighted by Gasteiger charge is -2.12. The van der Waals surface area contributed by atoms with Gasteiger partial charge in [0.25, 0.3) is 0 Å². The summed E-state index contributed by atoms with van der Waals surface area (Å²) >= 11 is 6.58. The quantitative estimate of drug-likeness (QED) is 0.748. The number of benzene rings is 1. The Labute approximate surface area is 128 Å². The zero-order valence-corrected chi connectivity index (χ0v) is 14.1. The molecule has 0 fully saturated rings. The number of halogens is 2. The van der Waals surface area contributed by atoms with Crippen molar-refractivity contribution in [1.82, 2.24) is 0 Å². The van der Waals surface area contributed by atoms with Gasteiger partial charge in [-0.05, 0) is 62.9 Å². The number of rotatable bonds is 6. The normalized spacial score (nSPS) is 11.3. The minimum Gasteiger partial charge on any atom is -0.481 e. The first-order chi connectivity index (χ1) is 8.71. The first-order valence-corrected chi connectivity index (χ1v) is 8.63. The second-order valence-electron chi connectivity index (χ2n) is 4.02. The zero-order valence-electron chi connectivity index (χ0n) is 10.1. The van der Waals surface area contributed by atoms with E-state index < -0.39 is 16.0 Å². The average Bonchev–Trinajstić information content (AvgIpc) is 2.22. The van der Waals surface area contributed by atoms with E-state index in [-0.39, 0.29) is 18.6 Å². The van der Waals surface area contributed by atoms with Crippen molar-refractivity contribution in [3.8, 4) is 0 Å². The first-order valence-electron chi connectivity index (χ1n) is 5.39. The molecule has 0 aliphatic carbocycles. The Morgan fingerprint density at radius 2 is 1.84 bits per heavy atom. The molecule has 106 valence electrons. The molecule has 0 heterocycles. The van der Waals surface area contributed by atoms with Crippen molar-refractivity contribution < 1.29 is 18.3 Å². The SMILES string of the molecule is Cc1cc(Br)c(NS(=O)(=O)CCCC(=O)O)c(Br)c1. The molecule has 0 aliphatic rings. The summed E-state index contributed by atoms with van der Waals surface area (Å²) in [5.74, 6) is -1.24. The second kappa shape index (κ2) is 6.71. The first kappa shape index (κ1) is 16.5. The van der Waals surface area contributed by atoms with Crippen LogP contribution < -0.4 is 4.72 Å². The maximum Gasteiger partial charge on any atom is 0.303 e. The summed E-state index contributed by atoms with van der Waals surface area (Å²) in [4.78, 5) is 10.4. The van der Waals surface area contributed by atoms with Crippen molar-refractivity contribution in [2.24, 2.45) is 0 Å². The van der Waals surface area contributed by atoms with Crippen LogP contribution in [0.4, 0.5) is 5.69 Å². The molecule has 0 atom stereocenters. The summed E-state index contributed by atoms with van der Waals surface area (Å²) in [6.07, 6.45) is -0.0943. The van der Waals surface area contributed by atoms with Crippen LogP contribution in [0.2, 0.25) is 0 Å². The number of nitrogens with one attached hydrogen (secondary N) is 1. The molecular weight excluding hydrogens is 402 g/mol. The van der Waals surface area contributed by atoms with E-state index in [9.17, 15) is 13.2 Å². The number of aryl methyl sites for hydroxylation is 1. The number of carbonyl (C=O) groups is 1. The monoisotopic (exact) mass is 413 g/mol. The Morgan fingerprint density at radius 3 is 2.32 bits per heavy atom. The summed E-state index contributed by atoms with van der Waals surface area (Å²) in [5, 5.41) is 8.49. The van der Waals surface area contributed by atoms with Crippen LogP contribution in [0, 0.1) is 6.92 Å². The van der Waals surface area contributed by atoms with Crippen molar-refractivity contribution in [2.75, 3.05) is 10.5 Å². The molecule has 19 heavy (non-hydrogen) atoms. The van der Waals surface area contributed by atoms with Gasteiger partial charge in [0, 0.05) is 15.4 Å². The van der Waals surface area contributed by atoms with E-state index in [2.05, 4.69) is 36.6 Å². The highest BCUT2D eigenvalue weighted by Gasteiger charge is 2.15. The summed E-state index contributed by atoms with van der Waals surface area (Å²) in [5.41, 5.74) is 1.40. The number of aliphatic carboxylic acids is 1. The van der Waals surface area contributed by atoms with E-state index in [1.165, 1.54) is 0 Å². The summed E-state index contributed by atoms with van der Waals surface area (Å²) in [6.45, 7) is 1.89. The van der Waals surface area contributed by atoms with Gasteiger partial charge in [0.15, 0.2) is 0 Å². The van der Waals surface area contributed by atoms with E-state index >= 15 is 0 Å². The Morgan fingerprint density at radius 1 is 1.32 bits per heavy atom. The maximum atomic E-state index is 11.8. The lowest BCUT2D eigenvalue weighted by atomic mass is 10.2. The van der Waals surface area contributed by atoms with Gasteiger partial charge >= 0.3 is 5.97 Å². The van der Waals surface area contributed by atoms with E-state index in [0.717, 1.165) is 5.56 Å². The summed E-state index contributed by atoms with van der Waals surface area (Å²) in [6, 6.07) is 3.58. The fraction of sp³-hybridized carbons (Fsp3) is 0.364. The van der Waals surface area contributed by atoms with E-state index in [0.29, 0.717) is 14.6 Å². The molecule has 8 heteroatoms. The zero-order chi connectivity index (χ0) is 14.6. The molecule has 0 bridgehead atoms. The van der Waals surface area contributed by atoms with Crippen LogP contribution in [-0.2, 0) is 14.8 Å². The average molecular weight is 415 g/mol. The Hall–Kier alpha value is -0.600. The molecule has 0 amide bonds. The molecule has 0 aliphatic heterocycles. The van der Waals surface area contributed by atoms with Crippen LogP contribution in [0.5, 0.6) is 0 Å². The molecule has 0 aromatic heterocycles. The van der Waals surface area contributed by atoms with Crippen LogP contribution in [0.1, 0.15) is 18.4 Å². The van der Waals surface area contributed by atoms with Crippen LogP contribution in [0.25, 0.3) is 0 Å². The second-order valence-corrected chi connectivity index (χ2v) is 7.57. The predicted molar refractivity (Wildman–Crippen MR) is 80.9 cm³/mol. The fourth-order valence-corrected chi connectivity index (χ4v) is 4.45. The van der Waals surface area contributed by atoms with Crippen molar-refractivity contribution in [3.63, 3.8) is 0 Å². The topological polar surface area (TPSA) is 83.5 Å². The molecule has 2 N–H and O–H groups in total. The third-order valence-corrected chi connectivity index (χ3v) is 4.84. The smallest absolute Gasteiger partial charge is 0.303 e. The van der Waals surface area contributed by atoms with Gasteiger partial charge in [0.1, 0.15) is 0 Å². The maximum absolute atomic E-state index is 11.8. The van der Waals surface area contributed by atoms with Gasteiger partial charge < -0.3 is 5.11 Å². The van der Waals surface area contributed by atoms with Gasteiger partial charge in [0.2, 0.25) is 10.0 Å². The standard InChI is InChI=1S/C11H13Br2NO4S/c1-7-5-8(12)11(9(13)6-7)14-19(17,18)4-2-3-10(15)16/h5-6,14H,2-4H2,1H3,(H,15,16). The van der Waals surface area contributed by atoms with Gasteiger partial charge in [0.05, 0.1) is 11.4 Å². The lowest BCUT2D eigenvalue weighted by molar-refractivity contribution is -0.137. The molecule has 0 saturated carbocycles. The molecule has 5 nitrogen and oxygen atoms in total. The van der Waals surface area contributed by atoms with Gasteiger partial charge in [-0.25, -0.2) is 8.42 Å².